The van der Waals surface area contributed by atoms with Crippen molar-refractivity contribution in [2.75, 3.05) is 0 Å². The van der Waals surface area contributed by atoms with E-state index in [1.807, 2.05) is 6.08 Å². The van der Waals surface area contributed by atoms with Crippen molar-refractivity contribution in [3.8, 4) is 0 Å². The first-order chi connectivity index (χ1) is 5.31. The molecule has 0 aliphatic heterocycles. The Kier molecular flexibility index (Phi) is 6.70. The van der Waals surface area contributed by atoms with Crippen molar-refractivity contribution in [2.24, 2.45) is 0 Å². The van der Waals surface area contributed by atoms with Gasteiger partial charge in [0.05, 0.1) is 0 Å². The average Bonchev–Trinajstić information content (AvgIpc) is 1.99. The van der Waals surface area contributed by atoms with E-state index in [9.17, 15) is 4.79 Å². The maximum atomic E-state index is 10.8. The number of carbonyl (C=O) groups excluding carboxylic acids is 1. The zero-order valence-corrected chi connectivity index (χ0v) is 7.18. The van der Waals surface area contributed by atoms with E-state index in [0.29, 0.717) is 6.42 Å². The minimum atomic E-state index is 0.149. The van der Waals surface area contributed by atoms with E-state index >= 15 is 0 Å². The molecule has 0 aromatic rings. The van der Waals surface area contributed by atoms with Crippen LogP contribution < -0.4 is 0 Å². The van der Waals surface area contributed by atoms with Crippen LogP contribution in [0.1, 0.15) is 32.6 Å². The van der Waals surface area contributed by atoms with E-state index in [2.05, 4.69) is 13.5 Å². The largest absolute Gasteiger partial charge is 0.295 e. The van der Waals surface area contributed by atoms with Gasteiger partial charge in [0.1, 0.15) is 0 Å². The van der Waals surface area contributed by atoms with Gasteiger partial charge in [-0.05, 0) is 12.5 Å². The fourth-order valence-corrected chi connectivity index (χ4v) is 0.747. The highest BCUT2D eigenvalue weighted by Gasteiger charge is 1.88. The van der Waals surface area contributed by atoms with Crippen LogP contribution in [0.4, 0.5) is 0 Å². The number of unbranched alkanes of at least 4 members (excludes halogenated alkanes) is 2. The Hall–Kier alpha value is -0.850. The molecular weight excluding hydrogens is 136 g/mol. The van der Waals surface area contributed by atoms with Gasteiger partial charge in [0.2, 0.25) is 0 Å². The van der Waals surface area contributed by atoms with Gasteiger partial charge in [-0.25, -0.2) is 0 Å². The van der Waals surface area contributed by atoms with E-state index in [4.69, 9.17) is 0 Å². The number of carbonyl (C=O) groups is 1. The molecule has 1 heteroatoms. The van der Waals surface area contributed by atoms with Crippen LogP contribution >= 0.6 is 0 Å². The highest BCUT2D eigenvalue weighted by atomic mass is 16.1. The molecule has 11 heavy (non-hydrogen) atoms. The number of allylic oxidation sites excluding steroid dienone is 3. The fraction of sp³-hybridized carbons (Fsp3) is 0.500. The normalized spacial score (nSPS) is 10.3. The topological polar surface area (TPSA) is 17.1 Å². The molecule has 0 radical (unpaired) electrons. The Labute approximate surface area is 68.8 Å². The SMILES string of the molecule is C=CCC(=O)/C=C/CCCC. The molecule has 0 N–H and O–H groups in total. The smallest absolute Gasteiger partial charge is 0.159 e. The Morgan fingerprint density at radius 3 is 2.82 bits per heavy atom. The third kappa shape index (κ3) is 7.04. The number of ketones is 1. The molecule has 0 saturated carbocycles. The lowest BCUT2D eigenvalue weighted by Gasteiger charge is -1.88. The molecule has 0 amide bonds. The zero-order valence-electron chi connectivity index (χ0n) is 7.18. The molecule has 0 aromatic heterocycles. The van der Waals surface area contributed by atoms with Crippen molar-refractivity contribution in [3.05, 3.63) is 24.8 Å². The summed E-state index contributed by atoms with van der Waals surface area (Å²) in [5, 5.41) is 0. The van der Waals surface area contributed by atoms with E-state index in [1.54, 1.807) is 12.2 Å². The van der Waals surface area contributed by atoms with Crippen LogP contribution in [-0.4, -0.2) is 5.78 Å². The van der Waals surface area contributed by atoms with Crippen LogP contribution in [0.25, 0.3) is 0 Å². The Bertz CT molecular complexity index is 145. The van der Waals surface area contributed by atoms with Gasteiger partial charge in [0, 0.05) is 6.42 Å². The van der Waals surface area contributed by atoms with Crippen LogP contribution in [0, 0.1) is 0 Å². The van der Waals surface area contributed by atoms with Crippen LogP contribution in [0.5, 0.6) is 0 Å². The van der Waals surface area contributed by atoms with Crippen molar-refractivity contribution >= 4 is 5.78 Å². The number of rotatable bonds is 6. The van der Waals surface area contributed by atoms with Gasteiger partial charge in [0.15, 0.2) is 5.78 Å². The van der Waals surface area contributed by atoms with Gasteiger partial charge in [-0.15, -0.1) is 6.58 Å². The molecular formula is C10H16O. The zero-order chi connectivity index (χ0) is 8.53. The summed E-state index contributed by atoms with van der Waals surface area (Å²) < 4.78 is 0. The molecule has 0 aromatic carbocycles. The second kappa shape index (κ2) is 7.26. The molecule has 0 atom stereocenters. The first kappa shape index (κ1) is 10.2. The van der Waals surface area contributed by atoms with Crippen molar-refractivity contribution in [1.82, 2.24) is 0 Å². The molecule has 0 aliphatic carbocycles. The maximum absolute atomic E-state index is 10.8. The third-order valence-corrected chi connectivity index (χ3v) is 1.37. The predicted molar refractivity (Wildman–Crippen MR) is 48.5 cm³/mol. The molecule has 1 nitrogen and oxygen atoms in total. The lowest BCUT2D eigenvalue weighted by Crippen LogP contribution is -1.87. The molecule has 0 saturated heterocycles. The summed E-state index contributed by atoms with van der Waals surface area (Å²) in [6.07, 6.45) is 9.04. The van der Waals surface area contributed by atoms with Gasteiger partial charge >= 0.3 is 0 Å². The molecule has 0 spiro atoms. The number of hydrogen-bond acceptors (Lipinski definition) is 1. The van der Waals surface area contributed by atoms with E-state index in [1.165, 1.54) is 6.42 Å². The predicted octanol–water partition coefficient (Wildman–Crippen LogP) is 2.88. The summed E-state index contributed by atoms with van der Waals surface area (Å²) >= 11 is 0. The third-order valence-electron chi connectivity index (χ3n) is 1.37. The highest BCUT2D eigenvalue weighted by molar-refractivity contribution is 5.90. The van der Waals surface area contributed by atoms with Gasteiger partial charge in [-0.1, -0.05) is 31.9 Å². The van der Waals surface area contributed by atoms with Gasteiger partial charge in [0.25, 0.3) is 0 Å². The molecule has 0 aliphatic rings. The summed E-state index contributed by atoms with van der Waals surface area (Å²) in [6.45, 7) is 5.63. The summed E-state index contributed by atoms with van der Waals surface area (Å²) in [6, 6.07) is 0. The fourth-order valence-electron chi connectivity index (χ4n) is 0.747. The van der Waals surface area contributed by atoms with Crippen molar-refractivity contribution in [1.29, 1.82) is 0 Å². The first-order valence-electron chi connectivity index (χ1n) is 4.11. The Balaban J connectivity index is 3.40. The Morgan fingerprint density at radius 2 is 2.27 bits per heavy atom. The van der Waals surface area contributed by atoms with Gasteiger partial charge in [-0.3, -0.25) is 4.79 Å². The first-order valence-corrected chi connectivity index (χ1v) is 4.11. The van der Waals surface area contributed by atoms with Crippen LogP contribution in [-0.2, 0) is 4.79 Å². The van der Waals surface area contributed by atoms with Crippen molar-refractivity contribution in [3.63, 3.8) is 0 Å². The van der Waals surface area contributed by atoms with E-state index in [0.717, 1.165) is 12.8 Å². The molecule has 0 bridgehead atoms. The quantitative estimate of drug-likeness (QED) is 0.325. The average molecular weight is 152 g/mol. The molecule has 0 rings (SSSR count). The van der Waals surface area contributed by atoms with Crippen molar-refractivity contribution < 1.29 is 4.79 Å². The number of hydrogen-bond donors (Lipinski definition) is 0. The molecule has 0 heterocycles. The highest BCUT2D eigenvalue weighted by Crippen LogP contribution is 1.95. The maximum Gasteiger partial charge on any atom is 0.159 e. The second-order valence-electron chi connectivity index (χ2n) is 2.50. The minimum Gasteiger partial charge on any atom is -0.295 e. The Morgan fingerprint density at radius 1 is 1.55 bits per heavy atom. The van der Waals surface area contributed by atoms with Crippen LogP contribution in [0.2, 0.25) is 0 Å². The second-order valence-corrected chi connectivity index (χ2v) is 2.50. The lowest BCUT2D eigenvalue weighted by molar-refractivity contribution is -0.113. The van der Waals surface area contributed by atoms with E-state index in [-0.39, 0.29) is 5.78 Å². The van der Waals surface area contributed by atoms with Crippen LogP contribution in [0.3, 0.4) is 0 Å². The van der Waals surface area contributed by atoms with Crippen LogP contribution in [0.15, 0.2) is 24.8 Å². The van der Waals surface area contributed by atoms with Gasteiger partial charge < -0.3 is 0 Å². The van der Waals surface area contributed by atoms with Crippen molar-refractivity contribution in [2.45, 2.75) is 32.6 Å². The molecule has 62 valence electrons. The summed E-state index contributed by atoms with van der Waals surface area (Å²) in [5.74, 6) is 0.149. The van der Waals surface area contributed by atoms with E-state index < -0.39 is 0 Å². The monoisotopic (exact) mass is 152 g/mol. The molecule has 0 fully saturated rings. The molecule has 0 unspecified atom stereocenters. The minimum absolute atomic E-state index is 0.149. The van der Waals surface area contributed by atoms with Gasteiger partial charge in [-0.2, -0.15) is 0 Å². The summed E-state index contributed by atoms with van der Waals surface area (Å²) in [5.41, 5.74) is 0. The lowest BCUT2D eigenvalue weighted by atomic mass is 10.2. The standard InChI is InChI=1S/C10H16O/c1-3-5-6-7-9-10(11)8-4-2/h4,7,9H,2-3,5-6,8H2,1H3/b9-7+. The summed E-state index contributed by atoms with van der Waals surface area (Å²) in [4.78, 5) is 10.8. The summed E-state index contributed by atoms with van der Waals surface area (Å²) in [7, 11) is 0.